The van der Waals surface area contributed by atoms with E-state index in [0.29, 0.717) is 5.02 Å². The number of rotatable bonds is 2. The van der Waals surface area contributed by atoms with Crippen LogP contribution in [-0.2, 0) is 0 Å². The minimum Gasteiger partial charge on any atom is -0.363 e. The van der Waals surface area contributed by atoms with Crippen molar-refractivity contribution >= 4 is 23.1 Å². The topological polar surface area (TPSA) is 33.4 Å². The number of aryl methyl sites for hydroxylation is 1. The second kappa shape index (κ2) is 4.80. The Morgan fingerprint density at radius 3 is 2.60 bits per heavy atom. The zero-order chi connectivity index (χ0) is 14.3. The Morgan fingerprint density at radius 2 is 1.90 bits per heavy atom. The molecule has 20 heavy (non-hydrogen) atoms. The minimum absolute atomic E-state index is 0.706. The van der Waals surface area contributed by atoms with E-state index in [1.165, 1.54) is 0 Å². The Bertz CT molecular complexity index is 777. The second-order valence-electron chi connectivity index (χ2n) is 4.92. The quantitative estimate of drug-likeness (QED) is 0.724. The van der Waals surface area contributed by atoms with Gasteiger partial charge in [-0.2, -0.15) is 9.61 Å². The molecule has 0 fully saturated rings. The van der Waals surface area contributed by atoms with E-state index in [1.807, 2.05) is 67.0 Å². The zero-order valence-electron chi connectivity index (χ0n) is 11.6. The third-order valence-corrected chi connectivity index (χ3v) is 3.53. The first-order valence-corrected chi connectivity index (χ1v) is 6.73. The van der Waals surface area contributed by atoms with Crippen LogP contribution in [0, 0.1) is 6.92 Å². The Hall–Kier alpha value is -2.07. The summed E-state index contributed by atoms with van der Waals surface area (Å²) in [7, 11) is 3.98. The average Bonchev–Trinajstić information content (AvgIpc) is 2.81. The van der Waals surface area contributed by atoms with Crippen molar-refractivity contribution in [2.75, 3.05) is 19.0 Å². The number of hydrogen-bond acceptors (Lipinski definition) is 3. The van der Waals surface area contributed by atoms with E-state index < -0.39 is 0 Å². The molecular formula is C15H15ClN4. The fourth-order valence-corrected chi connectivity index (χ4v) is 2.49. The molecule has 3 rings (SSSR count). The molecule has 0 aliphatic carbocycles. The molecule has 0 N–H and O–H groups in total. The molecule has 0 unspecified atom stereocenters. The lowest BCUT2D eigenvalue weighted by molar-refractivity contribution is 0.889. The highest BCUT2D eigenvalue weighted by Gasteiger charge is 2.14. The van der Waals surface area contributed by atoms with Gasteiger partial charge in [0.05, 0.1) is 6.20 Å². The van der Waals surface area contributed by atoms with Gasteiger partial charge in [-0.25, -0.2) is 4.98 Å². The SMILES string of the molecule is Cc1cc(N(C)C)n2ncc(-c3ccccc3Cl)c2n1. The van der Waals surface area contributed by atoms with Crippen molar-refractivity contribution in [3.8, 4) is 11.1 Å². The molecule has 2 heterocycles. The van der Waals surface area contributed by atoms with Gasteiger partial charge in [-0.3, -0.25) is 0 Å². The number of benzene rings is 1. The van der Waals surface area contributed by atoms with Gasteiger partial charge in [0.25, 0.3) is 0 Å². The lowest BCUT2D eigenvalue weighted by Crippen LogP contribution is -2.14. The molecule has 0 bridgehead atoms. The lowest BCUT2D eigenvalue weighted by atomic mass is 10.1. The highest BCUT2D eigenvalue weighted by Crippen LogP contribution is 2.31. The Labute approximate surface area is 122 Å². The number of anilines is 1. The zero-order valence-corrected chi connectivity index (χ0v) is 12.4. The van der Waals surface area contributed by atoms with E-state index in [2.05, 4.69) is 10.1 Å². The van der Waals surface area contributed by atoms with E-state index in [4.69, 9.17) is 11.6 Å². The van der Waals surface area contributed by atoms with Gasteiger partial charge < -0.3 is 4.90 Å². The smallest absolute Gasteiger partial charge is 0.165 e. The van der Waals surface area contributed by atoms with Crippen LogP contribution < -0.4 is 4.90 Å². The predicted octanol–water partition coefficient (Wildman–Crippen LogP) is 3.42. The number of halogens is 1. The third-order valence-electron chi connectivity index (χ3n) is 3.20. The van der Waals surface area contributed by atoms with Crippen molar-refractivity contribution in [2.24, 2.45) is 0 Å². The van der Waals surface area contributed by atoms with Crippen LogP contribution in [-0.4, -0.2) is 28.7 Å². The second-order valence-corrected chi connectivity index (χ2v) is 5.33. The van der Waals surface area contributed by atoms with Crippen LogP contribution in [0.1, 0.15) is 5.69 Å². The summed E-state index contributed by atoms with van der Waals surface area (Å²) in [6, 6.07) is 9.76. The summed E-state index contributed by atoms with van der Waals surface area (Å²) in [6.07, 6.45) is 1.82. The Balaban J connectivity index is 2.32. The number of nitrogens with zero attached hydrogens (tertiary/aromatic N) is 4. The molecule has 2 aromatic heterocycles. The van der Waals surface area contributed by atoms with Crippen LogP contribution in [0.15, 0.2) is 36.5 Å². The maximum Gasteiger partial charge on any atom is 0.165 e. The molecule has 3 aromatic rings. The minimum atomic E-state index is 0.706. The van der Waals surface area contributed by atoms with Gasteiger partial charge in [-0.05, 0) is 13.0 Å². The molecule has 5 heteroatoms. The van der Waals surface area contributed by atoms with Gasteiger partial charge in [0.2, 0.25) is 0 Å². The summed E-state index contributed by atoms with van der Waals surface area (Å²) >= 11 is 6.28. The molecule has 0 saturated carbocycles. The highest BCUT2D eigenvalue weighted by atomic mass is 35.5. The molecule has 4 nitrogen and oxygen atoms in total. The maximum atomic E-state index is 6.28. The maximum absolute atomic E-state index is 6.28. The Morgan fingerprint density at radius 1 is 1.15 bits per heavy atom. The van der Waals surface area contributed by atoms with Crippen LogP contribution in [0.25, 0.3) is 16.8 Å². The van der Waals surface area contributed by atoms with Crippen molar-refractivity contribution in [1.82, 2.24) is 14.6 Å². The standard InChI is InChI=1S/C15H15ClN4/c1-10-8-14(19(2)3)20-15(18-10)12(9-17-20)11-6-4-5-7-13(11)16/h4-9H,1-3H3. The lowest BCUT2D eigenvalue weighted by Gasteiger charge is -2.14. The summed E-state index contributed by atoms with van der Waals surface area (Å²) in [4.78, 5) is 6.63. The van der Waals surface area contributed by atoms with E-state index in [-0.39, 0.29) is 0 Å². The molecule has 1 aromatic carbocycles. The van der Waals surface area contributed by atoms with E-state index in [9.17, 15) is 0 Å². The molecule has 0 amide bonds. The van der Waals surface area contributed by atoms with Gasteiger partial charge in [0.15, 0.2) is 5.65 Å². The van der Waals surface area contributed by atoms with Crippen LogP contribution in [0.3, 0.4) is 0 Å². The van der Waals surface area contributed by atoms with Crippen molar-refractivity contribution in [3.63, 3.8) is 0 Å². The third kappa shape index (κ3) is 2.02. The van der Waals surface area contributed by atoms with Gasteiger partial charge in [-0.1, -0.05) is 29.8 Å². The molecule has 0 atom stereocenters. The van der Waals surface area contributed by atoms with Crippen LogP contribution in [0.5, 0.6) is 0 Å². The molecule has 0 radical (unpaired) electrons. The number of aromatic nitrogens is 3. The van der Waals surface area contributed by atoms with Crippen LogP contribution in [0.4, 0.5) is 5.82 Å². The first-order valence-electron chi connectivity index (χ1n) is 6.35. The van der Waals surface area contributed by atoms with E-state index in [0.717, 1.165) is 28.3 Å². The van der Waals surface area contributed by atoms with Crippen LogP contribution in [0.2, 0.25) is 5.02 Å². The fourth-order valence-electron chi connectivity index (χ4n) is 2.25. The predicted molar refractivity (Wildman–Crippen MR) is 82.5 cm³/mol. The monoisotopic (exact) mass is 286 g/mol. The van der Waals surface area contributed by atoms with Gasteiger partial charge >= 0.3 is 0 Å². The van der Waals surface area contributed by atoms with E-state index >= 15 is 0 Å². The summed E-state index contributed by atoms with van der Waals surface area (Å²) < 4.78 is 1.84. The first kappa shape index (κ1) is 12.9. The average molecular weight is 287 g/mol. The molecule has 0 aliphatic rings. The normalized spacial score (nSPS) is 11.0. The van der Waals surface area contributed by atoms with Crippen molar-refractivity contribution in [2.45, 2.75) is 6.92 Å². The van der Waals surface area contributed by atoms with Gasteiger partial charge in [-0.15, -0.1) is 0 Å². The van der Waals surface area contributed by atoms with Crippen molar-refractivity contribution in [3.05, 3.63) is 47.2 Å². The van der Waals surface area contributed by atoms with E-state index in [1.54, 1.807) is 0 Å². The van der Waals surface area contributed by atoms with Crippen molar-refractivity contribution < 1.29 is 0 Å². The fraction of sp³-hybridized carbons (Fsp3) is 0.200. The van der Waals surface area contributed by atoms with Gasteiger partial charge in [0.1, 0.15) is 5.82 Å². The summed E-state index contributed by atoms with van der Waals surface area (Å²) in [5.74, 6) is 0.991. The molecule has 102 valence electrons. The van der Waals surface area contributed by atoms with Crippen molar-refractivity contribution in [1.29, 1.82) is 0 Å². The first-order chi connectivity index (χ1) is 9.58. The summed E-state index contributed by atoms with van der Waals surface area (Å²) in [5.41, 5.74) is 3.67. The largest absolute Gasteiger partial charge is 0.363 e. The molecule has 0 saturated heterocycles. The Kier molecular flexibility index (Phi) is 3.10. The van der Waals surface area contributed by atoms with Crippen LogP contribution >= 0.6 is 11.6 Å². The van der Waals surface area contributed by atoms with Gasteiger partial charge in [0, 0.05) is 42.0 Å². The molecular weight excluding hydrogens is 272 g/mol. The summed E-state index contributed by atoms with van der Waals surface area (Å²) in [5, 5.41) is 5.16. The summed E-state index contributed by atoms with van der Waals surface area (Å²) in [6.45, 7) is 1.98. The highest BCUT2D eigenvalue weighted by molar-refractivity contribution is 6.33. The molecule has 0 spiro atoms. The number of hydrogen-bond donors (Lipinski definition) is 0. The number of fused-ring (bicyclic) bond motifs is 1. The molecule has 0 aliphatic heterocycles.